The van der Waals surface area contributed by atoms with Crippen LogP contribution in [0.1, 0.15) is 33.2 Å². The molecule has 0 spiro atoms. The van der Waals surface area contributed by atoms with E-state index < -0.39 is 12.1 Å². The fourth-order valence-electron chi connectivity index (χ4n) is 4.67. The largest absolute Gasteiger partial charge is 0.480 e. The van der Waals surface area contributed by atoms with Gasteiger partial charge < -0.3 is 19.7 Å². The van der Waals surface area contributed by atoms with Crippen LogP contribution < -0.4 is 10.1 Å². The number of benzene rings is 5. The Labute approximate surface area is 233 Å². The van der Waals surface area contributed by atoms with Crippen molar-refractivity contribution in [3.8, 4) is 5.75 Å². The fraction of sp³-hybridized carbons (Fsp3) is 0.118. The lowest BCUT2D eigenvalue weighted by molar-refractivity contribution is 0.0594. The quantitative estimate of drug-likeness (QED) is 0.212. The van der Waals surface area contributed by atoms with Crippen LogP contribution in [0.4, 0.5) is 10.5 Å². The number of nitrogens with zero attached hydrogens (tertiary/aromatic N) is 1. The number of nitrogens with one attached hydrogen (secondary N) is 1. The SMILES string of the molecule is COC(=O)c1cc(NC(=O)N(C)Cc2cccc3ccccc23)ccc1OC(c1ccccc1)c1ccccc1. The Morgan fingerprint density at radius 3 is 2.08 bits per heavy atom. The summed E-state index contributed by atoms with van der Waals surface area (Å²) in [6, 6.07) is 38.4. The molecule has 200 valence electrons. The van der Waals surface area contributed by atoms with E-state index in [1.165, 1.54) is 7.11 Å². The van der Waals surface area contributed by atoms with Gasteiger partial charge in [-0.3, -0.25) is 0 Å². The molecule has 1 N–H and O–H groups in total. The van der Waals surface area contributed by atoms with Crippen molar-refractivity contribution in [2.75, 3.05) is 19.5 Å². The van der Waals surface area contributed by atoms with Gasteiger partial charge in [-0.25, -0.2) is 9.59 Å². The van der Waals surface area contributed by atoms with Crippen LogP contribution in [0.25, 0.3) is 10.8 Å². The Balaban J connectivity index is 1.38. The molecule has 0 bridgehead atoms. The standard InChI is InChI=1S/C34H30N2O4/c1-36(23-27-18-11-17-24-12-9-10-19-29(24)27)34(38)35-28-20-21-31(30(22-28)33(37)39-2)40-32(25-13-5-3-6-14-25)26-15-7-4-8-16-26/h3-22,32H,23H2,1-2H3,(H,35,38). The van der Waals surface area contributed by atoms with E-state index >= 15 is 0 Å². The smallest absolute Gasteiger partial charge is 0.341 e. The number of anilines is 1. The van der Waals surface area contributed by atoms with Gasteiger partial charge in [0.15, 0.2) is 0 Å². The highest BCUT2D eigenvalue weighted by Crippen LogP contribution is 2.32. The number of rotatable bonds is 8. The van der Waals surface area contributed by atoms with Gasteiger partial charge in [0.25, 0.3) is 0 Å². The molecule has 0 aliphatic heterocycles. The van der Waals surface area contributed by atoms with E-state index in [1.54, 1.807) is 30.1 Å². The Morgan fingerprint density at radius 2 is 1.40 bits per heavy atom. The topological polar surface area (TPSA) is 67.9 Å². The van der Waals surface area contributed by atoms with E-state index in [9.17, 15) is 9.59 Å². The molecule has 0 aromatic heterocycles. The summed E-state index contributed by atoms with van der Waals surface area (Å²) in [5, 5.41) is 5.12. The van der Waals surface area contributed by atoms with Crippen LogP contribution in [0, 0.1) is 0 Å². The van der Waals surface area contributed by atoms with Crippen molar-refractivity contribution >= 4 is 28.5 Å². The molecule has 0 atom stereocenters. The number of methoxy groups -OCH3 is 1. The third kappa shape index (κ3) is 5.97. The minimum absolute atomic E-state index is 0.217. The highest BCUT2D eigenvalue weighted by Gasteiger charge is 2.22. The third-order valence-electron chi connectivity index (χ3n) is 6.72. The second kappa shape index (κ2) is 12.2. The zero-order valence-corrected chi connectivity index (χ0v) is 22.4. The Morgan fingerprint density at radius 1 is 0.775 bits per heavy atom. The van der Waals surface area contributed by atoms with Gasteiger partial charge in [0.1, 0.15) is 17.4 Å². The van der Waals surface area contributed by atoms with Gasteiger partial charge in [0, 0.05) is 19.3 Å². The van der Waals surface area contributed by atoms with Crippen LogP contribution >= 0.6 is 0 Å². The molecule has 2 amide bonds. The van der Waals surface area contributed by atoms with Crippen LogP contribution in [-0.4, -0.2) is 31.1 Å². The number of urea groups is 1. The summed E-state index contributed by atoms with van der Waals surface area (Å²) >= 11 is 0. The molecule has 0 radical (unpaired) electrons. The summed E-state index contributed by atoms with van der Waals surface area (Å²) in [6.07, 6.45) is -0.446. The number of hydrogen-bond acceptors (Lipinski definition) is 4. The lowest BCUT2D eigenvalue weighted by atomic mass is 10.0. The van der Waals surface area contributed by atoms with Crippen molar-refractivity contribution in [1.29, 1.82) is 0 Å². The maximum absolute atomic E-state index is 13.1. The molecule has 6 heteroatoms. The average molecular weight is 531 g/mol. The number of carbonyl (C=O) groups is 2. The maximum Gasteiger partial charge on any atom is 0.341 e. The second-order valence-corrected chi connectivity index (χ2v) is 9.45. The highest BCUT2D eigenvalue weighted by molar-refractivity contribution is 5.96. The Bertz CT molecular complexity index is 1580. The summed E-state index contributed by atoms with van der Waals surface area (Å²) in [4.78, 5) is 27.5. The number of fused-ring (bicyclic) bond motifs is 1. The molecule has 6 nitrogen and oxygen atoms in total. The molecular formula is C34H30N2O4. The first kappa shape index (κ1) is 26.5. The fourth-order valence-corrected chi connectivity index (χ4v) is 4.67. The number of ether oxygens (including phenoxy) is 2. The first-order chi connectivity index (χ1) is 19.5. The maximum atomic E-state index is 13.1. The first-order valence-corrected chi connectivity index (χ1v) is 13.0. The van der Waals surface area contributed by atoms with Gasteiger partial charge in [0.2, 0.25) is 0 Å². The average Bonchev–Trinajstić information content (AvgIpc) is 3.01. The number of esters is 1. The molecule has 5 rings (SSSR count). The van der Waals surface area contributed by atoms with Crippen molar-refractivity contribution in [2.45, 2.75) is 12.6 Å². The van der Waals surface area contributed by atoms with Crippen molar-refractivity contribution < 1.29 is 19.1 Å². The van der Waals surface area contributed by atoms with Crippen LogP contribution in [-0.2, 0) is 11.3 Å². The zero-order valence-electron chi connectivity index (χ0n) is 22.4. The number of hydrogen-bond donors (Lipinski definition) is 1. The zero-order chi connectivity index (χ0) is 27.9. The van der Waals surface area contributed by atoms with Crippen molar-refractivity contribution in [1.82, 2.24) is 4.90 Å². The summed E-state index contributed by atoms with van der Waals surface area (Å²) in [5.41, 5.74) is 3.60. The van der Waals surface area contributed by atoms with Crippen LogP contribution in [0.15, 0.2) is 121 Å². The lowest BCUT2D eigenvalue weighted by Gasteiger charge is -2.22. The lowest BCUT2D eigenvalue weighted by Crippen LogP contribution is -2.31. The van der Waals surface area contributed by atoms with Gasteiger partial charge in [-0.15, -0.1) is 0 Å². The Hall–Kier alpha value is -5.10. The van der Waals surface area contributed by atoms with Crippen LogP contribution in [0.5, 0.6) is 5.75 Å². The van der Waals surface area contributed by atoms with Crippen molar-refractivity contribution in [2.24, 2.45) is 0 Å². The van der Waals surface area contributed by atoms with Crippen molar-refractivity contribution in [3.63, 3.8) is 0 Å². The van der Waals surface area contributed by atoms with Gasteiger partial charge in [0.05, 0.1) is 7.11 Å². The summed E-state index contributed by atoms with van der Waals surface area (Å²) < 4.78 is 11.5. The van der Waals surface area contributed by atoms with Crippen LogP contribution in [0.2, 0.25) is 0 Å². The molecule has 0 saturated carbocycles. The summed E-state index contributed by atoms with van der Waals surface area (Å²) in [7, 11) is 3.06. The second-order valence-electron chi connectivity index (χ2n) is 9.45. The van der Waals surface area contributed by atoms with Crippen molar-refractivity contribution in [3.05, 3.63) is 144 Å². The predicted molar refractivity (Wildman–Crippen MR) is 158 cm³/mol. The molecule has 0 aliphatic carbocycles. The minimum atomic E-state index is -0.560. The molecule has 0 fully saturated rings. The van der Waals surface area contributed by atoms with Gasteiger partial charge in [-0.2, -0.15) is 0 Å². The monoisotopic (exact) mass is 530 g/mol. The number of amides is 2. The molecule has 5 aromatic carbocycles. The predicted octanol–water partition coefficient (Wildman–Crippen LogP) is 7.46. The molecule has 5 aromatic rings. The van der Waals surface area contributed by atoms with E-state index in [0.717, 1.165) is 27.5 Å². The van der Waals surface area contributed by atoms with Gasteiger partial charge in [-0.1, -0.05) is 103 Å². The van der Waals surface area contributed by atoms with E-state index in [0.29, 0.717) is 18.0 Å². The summed E-state index contributed by atoms with van der Waals surface area (Å²) in [6.45, 7) is 0.425. The molecule has 0 saturated heterocycles. The van der Waals surface area contributed by atoms with E-state index in [1.807, 2.05) is 84.9 Å². The third-order valence-corrected chi connectivity index (χ3v) is 6.72. The molecular weight excluding hydrogens is 500 g/mol. The highest BCUT2D eigenvalue weighted by atomic mass is 16.5. The first-order valence-electron chi connectivity index (χ1n) is 13.0. The normalized spacial score (nSPS) is 10.8. The van der Waals surface area contributed by atoms with Gasteiger partial charge in [-0.05, 0) is 45.7 Å². The van der Waals surface area contributed by atoms with E-state index in [2.05, 4.69) is 23.5 Å². The molecule has 0 aliphatic rings. The molecule has 0 heterocycles. The Kier molecular flexibility index (Phi) is 8.07. The minimum Gasteiger partial charge on any atom is -0.480 e. The molecule has 40 heavy (non-hydrogen) atoms. The van der Waals surface area contributed by atoms with E-state index in [4.69, 9.17) is 9.47 Å². The van der Waals surface area contributed by atoms with Gasteiger partial charge >= 0.3 is 12.0 Å². The van der Waals surface area contributed by atoms with E-state index in [-0.39, 0.29) is 11.6 Å². The summed E-state index contributed by atoms with van der Waals surface area (Å²) in [5.74, 6) is -0.207. The van der Waals surface area contributed by atoms with Crippen LogP contribution in [0.3, 0.4) is 0 Å². The molecule has 0 unspecified atom stereocenters. The number of carbonyl (C=O) groups excluding carboxylic acids is 2.